The lowest BCUT2D eigenvalue weighted by molar-refractivity contribution is 0.736. The number of fused-ring (bicyclic) bond motifs is 1. The molecule has 0 radical (unpaired) electrons. The van der Waals surface area contributed by atoms with Gasteiger partial charge in [0.15, 0.2) is 0 Å². The van der Waals surface area contributed by atoms with Gasteiger partial charge in [0.2, 0.25) is 0 Å². The van der Waals surface area contributed by atoms with Gasteiger partial charge in [0.1, 0.15) is 0 Å². The standard InChI is InChI=1S/C24H22/c1-17-14-18(2)23-21(19-10-6-4-7-11-19)16-24(3,22(23)15-17)20-12-8-5-9-13-20/h4-16H,1-3H3. The fraction of sp³-hybridized carbons (Fsp3) is 0.167. The van der Waals surface area contributed by atoms with Gasteiger partial charge in [-0.15, -0.1) is 0 Å². The van der Waals surface area contributed by atoms with Crippen LogP contribution in [0.2, 0.25) is 0 Å². The molecule has 24 heavy (non-hydrogen) atoms. The van der Waals surface area contributed by atoms with E-state index >= 15 is 0 Å². The highest BCUT2D eigenvalue weighted by atomic mass is 14.4. The number of allylic oxidation sites excluding steroid dienone is 1. The van der Waals surface area contributed by atoms with E-state index in [0.29, 0.717) is 0 Å². The van der Waals surface area contributed by atoms with E-state index in [1.165, 1.54) is 39.0 Å². The molecule has 0 N–H and O–H groups in total. The Kier molecular flexibility index (Phi) is 3.42. The van der Waals surface area contributed by atoms with Crippen molar-refractivity contribution in [1.29, 1.82) is 0 Å². The van der Waals surface area contributed by atoms with Crippen LogP contribution in [0.25, 0.3) is 5.57 Å². The van der Waals surface area contributed by atoms with Gasteiger partial charge in [-0.1, -0.05) is 84.4 Å². The predicted octanol–water partition coefficient (Wildman–Crippen LogP) is 6.05. The first-order chi connectivity index (χ1) is 11.6. The smallest absolute Gasteiger partial charge is 0.0369 e. The summed E-state index contributed by atoms with van der Waals surface area (Å²) in [6.07, 6.45) is 2.45. The van der Waals surface area contributed by atoms with E-state index in [2.05, 4.69) is 99.6 Å². The molecule has 0 aliphatic heterocycles. The Morgan fingerprint density at radius 1 is 0.750 bits per heavy atom. The first kappa shape index (κ1) is 15.0. The zero-order valence-corrected chi connectivity index (χ0v) is 14.5. The number of hydrogen-bond acceptors (Lipinski definition) is 0. The van der Waals surface area contributed by atoms with Crippen molar-refractivity contribution in [2.24, 2.45) is 0 Å². The summed E-state index contributed by atoms with van der Waals surface area (Å²) < 4.78 is 0. The zero-order valence-electron chi connectivity index (χ0n) is 14.5. The number of hydrogen-bond donors (Lipinski definition) is 0. The van der Waals surface area contributed by atoms with E-state index in [1.54, 1.807) is 0 Å². The third kappa shape index (κ3) is 2.22. The molecule has 0 heteroatoms. The summed E-state index contributed by atoms with van der Waals surface area (Å²) in [7, 11) is 0. The highest BCUT2D eigenvalue weighted by Crippen LogP contribution is 2.48. The minimum Gasteiger partial charge on any atom is -0.0622 e. The number of rotatable bonds is 2. The molecule has 1 aliphatic rings. The quantitative estimate of drug-likeness (QED) is 0.540. The highest BCUT2D eigenvalue weighted by molar-refractivity contribution is 5.89. The van der Waals surface area contributed by atoms with Crippen LogP contribution in [0.3, 0.4) is 0 Å². The molecule has 0 bridgehead atoms. The summed E-state index contributed by atoms with van der Waals surface area (Å²) in [5, 5.41) is 0. The van der Waals surface area contributed by atoms with Crippen molar-refractivity contribution >= 4 is 5.57 Å². The summed E-state index contributed by atoms with van der Waals surface area (Å²) in [4.78, 5) is 0. The average Bonchev–Trinajstić information content (AvgIpc) is 2.91. The lowest BCUT2D eigenvalue weighted by Gasteiger charge is -2.25. The molecule has 0 saturated heterocycles. The molecule has 0 fully saturated rings. The monoisotopic (exact) mass is 310 g/mol. The molecule has 0 heterocycles. The lowest BCUT2D eigenvalue weighted by Crippen LogP contribution is -2.19. The van der Waals surface area contributed by atoms with Gasteiger partial charge in [0.05, 0.1) is 0 Å². The summed E-state index contributed by atoms with van der Waals surface area (Å²) in [6, 6.07) is 26.3. The van der Waals surface area contributed by atoms with Gasteiger partial charge < -0.3 is 0 Å². The number of aryl methyl sites for hydroxylation is 2. The topological polar surface area (TPSA) is 0 Å². The van der Waals surface area contributed by atoms with Crippen LogP contribution < -0.4 is 0 Å². The largest absolute Gasteiger partial charge is 0.0622 e. The Hall–Kier alpha value is -2.60. The maximum Gasteiger partial charge on any atom is 0.0369 e. The van der Waals surface area contributed by atoms with E-state index in [-0.39, 0.29) is 5.41 Å². The first-order valence-corrected chi connectivity index (χ1v) is 8.55. The summed E-state index contributed by atoms with van der Waals surface area (Å²) >= 11 is 0. The fourth-order valence-corrected chi connectivity index (χ4v) is 4.04. The van der Waals surface area contributed by atoms with E-state index < -0.39 is 0 Å². The fourth-order valence-electron chi connectivity index (χ4n) is 4.04. The third-order valence-corrected chi connectivity index (χ3v) is 5.20. The van der Waals surface area contributed by atoms with Gasteiger partial charge >= 0.3 is 0 Å². The van der Waals surface area contributed by atoms with Crippen molar-refractivity contribution in [2.45, 2.75) is 26.2 Å². The van der Waals surface area contributed by atoms with Crippen LogP contribution in [0.4, 0.5) is 0 Å². The normalized spacial score (nSPS) is 19.0. The Morgan fingerprint density at radius 2 is 1.38 bits per heavy atom. The molecule has 3 aromatic carbocycles. The van der Waals surface area contributed by atoms with Gasteiger partial charge in [-0.3, -0.25) is 0 Å². The van der Waals surface area contributed by atoms with Crippen LogP contribution in [0.5, 0.6) is 0 Å². The summed E-state index contributed by atoms with van der Waals surface area (Å²) in [5.74, 6) is 0. The highest BCUT2D eigenvalue weighted by Gasteiger charge is 2.36. The summed E-state index contributed by atoms with van der Waals surface area (Å²) in [6.45, 7) is 6.77. The number of benzene rings is 3. The molecule has 0 spiro atoms. The lowest BCUT2D eigenvalue weighted by atomic mass is 9.77. The van der Waals surface area contributed by atoms with Crippen molar-refractivity contribution in [3.63, 3.8) is 0 Å². The molecular weight excluding hydrogens is 288 g/mol. The summed E-state index contributed by atoms with van der Waals surface area (Å²) in [5.41, 5.74) is 9.43. The molecule has 0 amide bonds. The second-order valence-corrected chi connectivity index (χ2v) is 7.00. The molecule has 3 aromatic rings. The molecule has 118 valence electrons. The molecule has 0 saturated carbocycles. The predicted molar refractivity (Wildman–Crippen MR) is 102 cm³/mol. The molecule has 1 atom stereocenters. The van der Waals surface area contributed by atoms with Gasteiger partial charge in [-0.2, -0.15) is 0 Å². The van der Waals surface area contributed by atoms with Crippen molar-refractivity contribution < 1.29 is 0 Å². The second-order valence-electron chi connectivity index (χ2n) is 7.00. The van der Waals surface area contributed by atoms with E-state index in [9.17, 15) is 0 Å². The zero-order chi connectivity index (χ0) is 16.7. The Morgan fingerprint density at radius 3 is 2.04 bits per heavy atom. The molecule has 0 aromatic heterocycles. The van der Waals surface area contributed by atoms with Crippen molar-refractivity contribution in [1.82, 2.24) is 0 Å². The van der Waals surface area contributed by atoms with Gasteiger partial charge in [-0.05, 0) is 54.2 Å². The van der Waals surface area contributed by atoms with Gasteiger partial charge in [0, 0.05) is 5.41 Å². The van der Waals surface area contributed by atoms with Crippen molar-refractivity contribution in [3.8, 4) is 0 Å². The maximum absolute atomic E-state index is 2.45. The molecular formula is C24H22. The van der Waals surface area contributed by atoms with Crippen LogP contribution in [0.1, 0.15) is 40.3 Å². The van der Waals surface area contributed by atoms with Crippen LogP contribution in [-0.4, -0.2) is 0 Å². The van der Waals surface area contributed by atoms with E-state index in [0.717, 1.165) is 0 Å². The van der Waals surface area contributed by atoms with Crippen LogP contribution in [0.15, 0.2) is 78.9 Å². The Balaban J connectivity index is 2.03. The average molecular weight is 310 g/mol. The van der Waals surface area contributed by atoms with Crippen LogP contribution in [0, 0.1) is 13.8 Å². The molecule has 1 unspecified atom stereocenters. The molecule has 0 nitrogen and oxygen atoms in total. The van der Waals surface area contributed by atoms with Crippen LogP contribution in [-0.2, 0) is 5.41 Å². The van der Waals surface area contributed by atoms with E-state index in [4.69, 9.17) is 0 Å². The molecule has 4 rings (SSSR count). The SMILES string of the molecule is Cc1cc(C)c2c(c1)C(C)(c1ccccc1)C=C2c1ccccc1. The Labute approximate surface area is 144 Å². The Bertz CT molecular complexity index is 917. The molecule has 1 aliphatic carbocycles. The minimum absolute atomic E-state index is 0.0848. The minimum atomic E-state index is -0.0848. The van der Waals surface area contributed by atoms with Crippen LogP contribution >= 0.6 is 0 Å². The maximum atomic E-state index is 2.45. The van der Waals surface area contributed by atoms with Crippen molar-refractivity contribution in [2.75, 3.05) is 0 Å². The second kappa shape index (κ2) is 5.49. The van der Waals surface area contributed by atoms with E-state index in [1.807, 2.05) is 0 Å². The van der Waals surface area contributed by atoms with Gasteiger partial charge in [0.25, 0.3) is 0 Å². The first-order valence-electron chi connectivity index (χ1n) is 8.55. The van der Waals surface area contributed by atoms with Gasteiger partial charge in [-0.25, -0.2) is 0 Å². The van der Waals surface area contributed by atoms with Crippen molar-refractivity contribution in [3.05, 3.63) is 112 Å². The third-order valence-electron chi connectivity index (χ3n) is 5.20.